The van der Waals surface area contributed by atoms with E-state index >= 15 is 0 Å². The first-order valence-corrected chi connectivity index (χ1v) is 5.24. The molecule has 0 aromatic rings. The Hall–Kier alpha value is -1.43. The maximum Gasteiger partial charge on any atom is 0.413 e. The van der Waals surface area contributed by atoms with Gasteiger partial charge in [-0.2, -0.15) is 0 Å². The summed E-state index contributed by atoms with van der Waals surface area (Å²) in [7, 11) is 1.19. The fourth-order valence-corrected chi connectivity index (χ4v) is 1.76. The summed E-state index contributed by atoms with van der Waals surface area (Å²) in [5.74, 6) is -0.444. The summed E-state index contributed by atoms with van der Waals surface area (Å²) in [4.78, 5) is 34.7. The minimum Gasteiger partial charge on any atom is -0.453 e. The van der Waals surface area contributed by atoms with Crippen molar-refractivity contribution < 1.29 is 19.1 Å². The van der Waals surface area contributed by atoms with Crippen molar-refractivity contribution >= 4 is 18.3 Å². The Bertz CT molecular complexity index is 280. The molecule has 1 heterocycles. The number of alkyl carbamates (subject to hydrolysis) is 1. The van der Waals surface area contributed by atoms with E-state index in [1.807, 2.05) is 0 Å². The lowest BCUT2D eigenvalue weighted by Crippen LogP contribution is -2.47. The van der Waals surface area contributed by atoms with Gasteiger partial charge in [0.05, 0.1) is 19.7 Å². The normalized spacial score (nSPS) is 21.2. The summed E-state index contributed by atoms with van der Waals surface area (Å²) in [6.45, 7) is 0.760. The number of piperidine rings is 1. The summed E-state index contributed by atoms with van der Waals surface area (Å²) in [5.41, 5.74) is 0. The molecule has 1 N–H and O–H groups in total. The first-order chi connectivity index (χ1) is 7.67. The standard InChI is InChI=1S/C10H16N2O4/c1-16-10(15)11-9(14)6-12-5-3-2-4-8(12)7-13/h7-8H,2-6H2,1H3,(H,11,14,15). The summed E-state index contributed by atoms with van der Waals surface area (Å²) in [5, 5.41) is 2.06. The summed E-state index contributed by atoms with van der Waals surface area (Å²) < 4.78 is 4.30. The zero-order chi connectivity index (χ0) is 12.0. The number of rotatable bonds is 3. The zero-order valence-electron chi connectivity index (χ0n) is 9.27. The van der Waals surface area contributed by atoms with Crippen LogP contribution in [0.2, 0.25) is 0 Å². The minimum absolute atomic E-state index is 0.0541. The number of methoxy groups -OCH3 is 1. The molecule has 16 heavy (non-hydrogen) atoms. The van der Waals surface area contributed by atoms with Crippen LogP contribution in [0.4, 0.5) is 4.79 Å². The molecular weight excluding hydrogens is 212 g/mol. The number of imide groups is 1. The number of ether oxygens (including phenoxy) is 1. The van der Waals surface area contributed by atoms with Gasteiger partial charge in [0.25, 0.3) is 0 Å². The Morgan fingerprint density at radius 2 is 2.25 bits per heavy atom. The maximum absolute atomic E-state index is 11.4. The van der Waals surface area contributed by atoms with Gasteiger partial charge in [0.1, 0.15) is 6.29 Å². The highest BCUT2D eigenvalue weighted by Crippen LogP contribution is 2.14. The van der Waals surface area contributed by atoms with E-state index in [-0.39, 0.29) is 12.6 Å². The number of hydrogen-bond acceptors (Lipinski definition) is 5. The SMILES string of the molecule is COC(=O)NC(=O)CN1CCCCC1C=O. The molecule has 0 aromatic heterocycles. The third-order valence-electron chi connectivity index (χ3n) is 2.59. The van der Waals surface area contributed by atoms with Crippen LogP contribution in [0, 0.1) is 0 Å². The lowest BCUT2D eigenvalue weighted by Gasteiger charge is -2.31. The monoisotopic (exact) mass is 228 g/mol. The Labute approximate surface area is 93.9 Å². The second kappa shape index (κ2) is 6.22. The lowest BCUT2D eigenvalue weighted by molar-refractivity contribution is -0.123. The molecule has 0 radical (unpaired) electrons. The van der Waals surface area contributed by atoms with Crippen LogP contribution < -0.4 is 5.32 Å². The molecule has 1 aliphatic rings. The molecule has 2 amide bonds. The Balaban J connectivity index is 2.42. The number of nitrogens with zero attached hydrogens (tertiary/aromatic N) is 1. The van der Waals surface area contributed by atoms with Crippen LogP contribution in [-0.2, 0) is 14.3 Å². The van der Waals surface area contributed by atoms with E-state index in [0.29, 0.717) is 6.54 Å². The number of amides is 2. The smallest absolute Gasteiger partial charge is 0.413 e. The van der Waals surface area contributed by atoms with Crippen molar-refractivity contribution in [2.24, 2.45) is 0 Å². The van der Waals surface area contributed by atoms with E-state index in [9.17, 15) is 14.4 Å². The highest BCUT2D eigenvalue weighted by atomic mass is 16.5. The van der Waals surface area contributed by atoms with Gasteiger partial charge >= 0.3 is 6.09 Å². The van der Waals surface area contributed by atoms with Crippen LogP contribution in [0.5, 0.6) is 0 Å². The Morgan fingerprint density at radius 1 is 1.50 bits per heavy atom. The molecule has 0 bridgehead atoms. The van der Waals surface area contributed by atoms with E-state index in [4.69, 9.17) is 0 Å². The molecule has 6 nitrogen and oxygen atoms in total. The number of hydrogen-bond donors (Lipinski definition) is 1. The van der Waals surface area contributed by atoms with Gasteiger partial charge in [-0.3, -0.25) is 15.0 Å². The number of aldehydes is 1. The van der Waals surface area contributed by atoms with Gasteiger partial charge in [-0.1, -0.05) is 6.42 Å². The fourth-order valence-electron chi connectivity index (χ4n) is 1.76. The molecule has 1 atom stereocenters. The topological polar surface area (TPSA) is 75.7 Å². The van der Waals surface area contributed by atoms with Crippen LogP contribution in [0.15, 0.2) is 0 Å². The molecule has 0 spiro atoms. The molecule has 1 rings (SSSR count). The highest BCUT2D eigenvalue weighted by Gasteiger charge is 2.24. The molecule has 1 fully saturated rings. The van der Waals surface area contributed by atoms with Gasteiger partial charge in [-0.25, -0.2) is 4.79 Å². The highest BCUT2D eigenvalue weighted by molar-refractivity contribution is 5.92. The minimum atomic E-state index is -0.773. The quantitative estimate of drug-likeness (QED) is 0.684. The van der Waals surface area contributed by atoms with E-state index < -0.39 is 12.0 Å². The summed E-state index contributed by atoms with van der Waals surface area (Å²) >= 11 is 0. The zero-order valence-corrected chi connectivity index (χ0v) is 9.27. The predicted molar refractivity (Wildman–Crippen MR) is 55.8 cm³/mol. The third-order valence-corrected chi connectivity index (χ3v) is 2.59. The van der Waals surface area contributed by atoms with Gasteiger partial charge in [-0.15, -0.1) is 0 Å². The van der Waals surface area contributed by atoms with Crippen LogP contribution in [0.25, 0.3) is 0 Å². The Morgan fingerprint density at radius 3 is 2.88 bits per heavy atom. The van der Waals surface area contributed by atoms with Gasteiger partial charge < -0.3 is 9.53 Å². The van der Waals surface area contributed by atoms with E-state index in [1.54, 1.807) is 4.90 Å². The molecule has 1 saturated heterocycles. The summed E-state index contributed by atoms with van der Waals surface area (Å²) in [6.07, 6.45) is 2.82. The van der Waals surface area contributed by atoms with Crippen molar-refractivity contribution in [3.8, 4) is 0 Å². The van der Waals surface area contributed by atoms with Gasteiger partial charge in [0, 0.05) is 0 Å². The van der Waals surface area contributed by atoms with Gasteiger partial charge in [0.15, 0.2) is 0 Å². The van der Waals surface area contributed by atoms with Crippen molar-refractivity contribution in [2.75, 3.05) is 20.2 Å². The van der Waals surface area contributed by atoms with E-state index in [0.717, 1.165) is 25.5 Å². The molecule has 0 aliphatic carbocycles. The number of carbonyl (C=O) groups excluding carboxylic acids is 3. The fraction of sp³-hybridized carbons (Fsp3) is 0.700. The van der Waals surface area contributed by atoms with Crippen molar-refractivity contribution in [3.63, 3.8) is 0 Å². The lowest BCUT2D eigenvalue weighted by atomic mass is 10.0. The number of carbonyl (C=O) groups is 3. The molecule has 1 unspecified atom stereocenters. The second-order valence-electron chi connectivity index (χ2n) is 3.71. The molecular formula is C10H16N2O4. The van der Waals surface area contributed by atoms with Crippen molar-refractivity contribution in [3.05, 3.63) is 0 Å². The van der Waals surface area contributed by atoms with Gasteiger partial charge in [-0.05, 0) is 19.4 Å². The Kier molecular flexibility index (Phi) is 4.91. The first-order valence-electron chi connectivity index (χ1n) is 5.24. The molecule has 0 aromatic carbocycles. The predicted octanol–water partition coefficient (Wildman–Crippen LogP) is -0.0776. The van der Waals surface area contributed by atoms with E-state index in [2.05, 4.69) is 10.1 Å². The second-order valence-corrected chi connectivity index (χ2v) is 3.71. The average Bonchev–Trinajstić information content (AvgIpc) is 2.29. The van der Waals surface area contributed by atoms with Crippen LogP contribution in [-0.4, -0.2) is 49.4 Å². The molecule has 6 heteroatoms. The van der Waals surface area contributed by atoms with Crippen molar-refractivity contribution in [1.82, 2.24) is 10.2 Å². The number of likely N-dealkylation sites (tertiary alicyclic amines) is 1. The third kappa shape index (κ3) is 3.62. The molecule has 0 saturated carbocycles. The largest absolute Gasteiger partial charge is 0.453 e. The van der Waals surface area contributed by atoms with Gasteiger partial charge in [0.2, 0.25) is 5.91 Å². The van der Waals surface area contributed by atoms with Crippen molar-refractivity contribution in [1.29, 1.82) is 0 Å². The molecule has 1 aliphatic heterocycles. The van der Waals surface area contributed by atoms with Crippen LogP contribution >= 0.6 is 0 Å². The average molecular weight is 228 g/mol. The first kappa shape index (κ1) is 12.6. The number of nitrogens with one attached hydrogen (secondary N) is 1. The van der Waals surface area contributed by atoms with Crippen LogP contribution in [0.1, 0.15) is 19.3 Å². The van der Waals surface area contributed by atoms with E-state index in [1.165, 1.54) is 7.11 Å². The maximum atomic E-state index is 11.4. The molecule has 90 valence electrons. The van der Waals surface area contributed by atoms with Crippen LogP contribution in [0.3, 0.4) is 0 Å². The van der Waals surface area contributed by atoms with Crippen molar-refractivity contribution in [2.45, 2.75) is 25.3 Å². The summed E-state index contributed by atoms with van der Waals surface area (Å²) in [6, 6.07) is -0.211.